The molecular weight excluding hydrogens is 389 g/mol. The number of nitrogens with two attached hydrogens (primary N) is 1. The second-order valence-corrected chi connectivity index (χ2v) is 5.22. The van der Waals surface area contributed by atoms with Gasteiger partial charge in [0.2, 0.25) is 0 Å². The topological polar surface area (TPSA) is 78.1 Å². The van der Waals surface area contributed by atoms with E-state index in [1.807, 2.05) is 0 Å². The van der Waals surface area contributed by atoms with Gasteiger partial charge >= 0.3 is 13.0 Å². The minimum absolute atomic E-state index is 0.0734. The van der Waals surface area contributed by atoms with Crippen LogP contribution in [0.5, 0.6) is 17.2 Å². The van der Waals surface area contributed by atoms with Crippen LogP contribution in [0.4, 0.5) is 27.6 Å². The first-order valence-corrected chi connectivity index (χ1v) is 7.71. The fraction of sp³-hybridized carbons (Fsp3) is 0.235. The molecule has 0 bridgehead atoms. The summed E-state index contributed by atoms with van der Waals surface area (Å²) in [6, 6.07) is 9.36. The van der Waals surface area contributed by atoms with Crippen LogP contribution in [0.25, 0.3) is 0 Å². The summed E-state index contributed by atoms with van der Waals surface area (Å²) in [5, 5.41) is 2.47. The summed E-state index contributed by atoms with van der Waals surface area (Å²) in [7, 11) is 1.39. The van der Waals surface area contributed by atoms with Gasteiger partial charge in [-0.3, -0.25) is 0 Å². The van der Waals surface area contributed by atoms with E-state index in [9.17, 15) is 22.0 Å². The van der Waals surface area contributed by atoms with E-state index in [1.165, 1.54) is 43.5 Å². The number of hydrogen-bond donors (Lipinski definition) is 2. The van der Waals surface area contributed by atoms with E-state index in [4.69, 9.17) is 10.5 Å². The number of para-hydroxylation sites is 2. The van der Waals surface area contributed by atoms with Crippen molar-refractivity contribution in [1.29, 1.82) is 0 Å². The van der Waals surface area contributed by atoms with Crippen molar-refractivity contribution < 1.29 is 36.2 Å². The average molecular weight is 405 g/mol. The molecule has 152 valence electrons. The zero-order chi connectivity index (χ0) is 20.7. The summed E-state index contributed by atoms with van der Waals surface area (Å²) in [6.07, 6.45) is -4.88. The van der Waals surface area contributed by atoms with Gasteiger partial charge in [0.15, 0.2) is 11.7 Å². The highest BCUT2D eigenvalue weighted by atomic mass is 19.4. The predicted molar refractivity (Wildman–Crippen MR) is 91.7 cm³/mol. The van der Waals surface area contributed by atoms with Crippen molar-refractivity contribution in [2.75, 3.05) is 12.4 Å². The SMILES string of the molecule is COc1ccc(OC(F)F)c(CN=C(N)Nc2ccccc2OC(F)(F)F)c1. The Kier molecular flexibility index (Phi) is 6.85. The molecule has 0 unspecified atom stereocenters. The van der Waals surface area contributed by atoms with Crippen LogP contribution in [0.15, 0.2) is 47.5 Å². The summed E-state index contributed by atoms with van der Waals surface area (Å²) in [4.78, 5) is 3.94. The summed E-state index contributed by atoms with van der Waals surface area (Å²) < 4.78 is 75.7. The third kappa shape index (κ3) is 6.49. The van der Waals surface area contributed by atoms with Gasteiger partial charge in [-0.1, -0.05) is 12.1 Å². The molecule has 3 N–H and O–H groups in total. The summed E-state index contributed by atoms with van der Waals surface area (Å²) in [6.45, 7) is -3.24. The number of rotatable bonds is 7. The molecule has 0 saturated heterocycles. The number of nitrogens with one attached hydrogen (secondary N) is 1. The third-order valence-electron chi connectivity index (χ3n) is 3.28. The Balaban J connectivity index is 2.17. The molecule has 0 fully saturated rings. The Hall–Kier alpha value is -3.24. The fourth-order valence-electron chi connectivity index (χ4n) is 2.15. The molecule has 6 nitrogen and oxygen atoms in total. The highest BCUT2D eigenvalue weighted by Crippen LogP contribution is 2.30. The van der Waals surface area contributed by atoms with E-state index >= 15 is 0 Å². The van der Waals surface area contributed by atoms with Gasteiger partial charge in [0.05, 0.1) is 19.3 Å². The number of alkyl halides is 5. The molecule has 2 aromatic carbocycles. The first-order chi connectivity index (χ1) is 13.2. The van der Waals surface area contributed by atoms with Crippen LogP contribution in [-0.4, -0.2) is 26.0 Å². The molecule has 11 heteroatoms. The summed E-state index contributed by atoms with van der Waals surface area (Å²) in [5.74, 6) is -0.518. The first kappa shape index (κ1) is 21.1. The number of halogens is 5. The summed E-state index contributed by atoms with van der Waals surface area (Å²) in [5.41, 5.74) is 5.86. The maximum atomic E-state index is 12.5. The normalized spacial score (nSPS) is 12.0. The second-order valence-electron chi connectivity index (χ2n) is 5.22. The molecule has 0 aliphatic rings. The smallest absolute Gasteiger partial charge is 0.497 e. The first-order valence-electron chi connectivity index (χ1n) is 7.71. The molecule has 0 amide bonds. The molecule has 0 saturated carbocycles. The largest absolute Gasteiger partial charge is 0.573 e. The van der Waals surface area contributed by atoms with Gasteiger partial charge in [0, 0.05) is 5.56 Å². The lowest BCUT2D eigenvalue weighted by Crippen LogP contribution is -2.24. The van der Waals surface area contributed by atoms with E-state index in [2.05, 4.69) is 19.8 Å². The van der Waals surface area contributed by atoms with E-state index in [0.717, 1.165) is 6.07 Å². The Labute approximate surface area is 156 Å². The van der Waals surface area contributed by atoms with Crippen molar-refractivity contribution in [1.82, 2.24) is 0 Å². The molecule has 0 atom stereocenters. The van der Waals surface area contributed by atoms with Crippen molar-refractivity contribution in [3.8, 4) is 17.2 Å². The quantitative estimate of drug-likeness (QED) is 0.412. The lowest BCUT2D eigenvalue weighted by molar-refractivity contribution is -0.274. The van der Waals surface area contributed by atoms with Crippen LogP contribution < -0.4 is 25.3 Å². The number of hydrogen-bond acceptors (Lipinski definition) is 4. The Morgan fingerprint density at radius 2 is 1.86 bits per heavy atom. The van der Waals surface area contributed by atoms with E-state index in [-0.39, 0.29) is 29.5 Å². The van der Waals surface area contributed by atoms with Crippen molar-refractivity contribution in [3.05, 3.63) is 48.0 Å². The number of anilines is 1. The average Bonchev–Trinajstić information content (AvgIpc) is 2.61. The van der Waals surface area contributed by atoms with E-state index in [0.29, 0.717) is 5.75 Å². The van der Waals surface area contributed by atoms with Gasteiger partial charge in [-0.05, 0) is 30.3 Å². The van der Waals surface area contributed by atoms with Gasteiger partial charge in [-0.2, -0.15) is 8.78 Å². The minimum atomic E-state index is -4.88. The third-order valence-corrected chi connectivity index (χ3v) is 3.28. The lowest BCUT2D eigenvalue weighted by Gasteiger charge is -2.14. The molecule has 28 heavy (non-hydrogen) atoms. The van der Waals surface area contributed by atoms with Gasteiger partial charge in [-0.15, -0.1) is 13.2 Å². The maximum absolute atomic E-state index is 12.5. The second kappa shape index (κ2) is 9.11. The number of benzene rings is 2. The molecule has 0 aromatic heterocycles. The minimum Gasteiger partial charge on any atom is -0.497 e. The molecule has 0 aliphatic carbocycles. The standard InChI is InChI=1S/C17H16F5N3O3/c1-26-11-6-7-13(27-15(18)19)10(8-11)9-24-16(23)25-12-4-2-3-5-14(12)28-17(20,21)22/h2-8,15H,9H2,1H3,(H3,23,24,25). The highest BCUT2D eigenvalue weighted by Gasteiger charge is 2.32. The lowest BCUT2D eigenvalue weighted by atomic mass is 10.2. The predicted octanol–water partition coefficient (Wildman–Crippen LogP) is 4.12. The maximum Gasteiger partial charge on any atom is 0.573 e. The van der Waals surface area contributed by atoms with Gasteiger partial charge in [-0.25, -0.2) is 4.99 Å². The number of aliphatic imine (C=N–C) groups is 1. The number of guanidine groups is 1. The van der Waals surface area contributed by atoms with E-state index in [1.54, 1.807) is 0 Å². The molecule has 2 aromatic rings. The molecule has 0 aliphatic heterocycles. The summed E-state index contributed by atoms with van der Waals surface area (Å²) >= 11 is 0. The highest BCUT2D eigenvalue weighted by molar-refractivity contribution is 5.93. The fourth-order valence-corrected chi connectivity index (χ4v) is 2.15. The van der Waals surface area contributed by atoms with Crippen molar-refractivity contribution in [2.24, 2.45) is 10.7 Å². The van der Waals surface area contributed by atoms with Gasteiger partial charge in [0.1, 0.15) is 11.5 Å². The van der Waals surface area contributed by atoms with Crippen LogP contribution in [-0.2, 0) is 6.54 Å². The van der Waals surface area contributed by atoms with Crippen LogP contribution >= 0.6 is 0 Å². The molecule has 0 heterocycles. The van der Waals surface area contributed by atoms with Crippen molar-refractivity contribution >= 4 is 11.6 Å². The van der Waals surface area contributed by atoms with E-state index < -0.39 is 18.7 Å². The molecule has 2 rings (SSSR count). The van der Waals surface area contributed by atoms with Crippen LogP contribution in [0.1, 0.15) is 5.56 Å². The van der Waals surface area contributed by atoms with Gasteiger partial charge < -0.3 is 25.3 Å². The molecular formula is C17H16F5N3O3. The molecule has 0 spiro atoms. The van der Waals surface area contributed by atoms with Crippen molar-refractivity contribution in [2.45, 2.75) is 19.5 Å². The Morgan fingerprint density at radius 3 is 2.50 bits per heavy atom. The number of methoxy groups -OCH3 is 1. The number of ether oxygens (including phenoxy) is 3. The van der Waals surface area contributed by atoms with Gasteiger partial charge in [0.25, 0.3) is 0 Å². The monoisotopic (exact) mass is 405 g/mol. The van der Waals surface area contributed by atoms with Crippen LogP contribution in [0, 0.1) is 0 Å². The Bertz CT molecular complexity index is 828. The number of nitrogens with zero attached hydrogens (tertiary/aromatic N) is 1. The Morgan fingerprint density at radius 1 is 1.14 bits per heavy atom. The van der Waals surface area contributed by atoms with Crippen molar-refractivity contribution in [3.63, 3.8) is 0 Å². The zero-order valence-corrected chi connectivity index (χ0v) is 14.5. The van der Waals surface area contributed by atoms with Crippen LogP contribution in [0.3, 0.4) is 0 Å². The molecule has 0 radical (unpaired) electrons. The zero-order valence-electron chi connectivity index (χ0n) is 14.5. The van der Waals surface area contributed by atoms with Crippen LogP contribution in [0.2, 0.25) is 0 Å².